The van der Waals surface area contributed by atoms with E-state index in [0.717, 1.165) is 12.2 Å². The van der Waals surface area contributed by atoms with E-state index in [1.165, 1.54) is 16.8 Å². The monoisotopic (exact) mass is 440 g/mol. The van der Waals surface area contributed by atoms with E-state index in [1.54, 1.807) is 30.1 Å². The Kier molecular flexibility index (Phi) is 4.30. The first-order valence-corrected chi connectivity index (χ1v) is 11.2. The van der Waals surface area contributed by atoms with Crippen molar-refractivity contribution in [3.05, 3.63) is 54.2 Å². The summed E-state index contributed by atoms with van der Waals surface area (Å²) in [5.41, 5.74) is 3.88. The minimum Gasteiger partial charge on any atom is -0.374 e. The van der Waals surface area contributed by atoms with E-state index in [4.69, 9.17) is 0 Å². The van der Waals surface area contributed by atoms with Gasteiger partial charge in [-0.15, -0.1) is 0 Å². The third kappa shape index (κ3) is 3.14. The molecular formula is C21H21FN6O2S. The second-order valence-electron chi connectivity index (χ2n) is 7.77. The number of pyridine rings is 1. The highest BCUT2D eigenvalue weighted by atomic mass is 32.2. The molecule has 0 saturated heterocycles. The lowest BCUT2D eigenvalue weighted by atomic mass is 10.0. The van der Waals surface area contributed by atoms with Crippen LogP contribution in [0.2, 0.25) is 0 Å². The number of nitrogens with zero attached hydrogens (tertiary/aromatic N) is 5. The molecule has 1 aromatic carbocycles. The van der Waals surface area contributed by atoms with Crippen molar-refractivity contribution in [1.29, 1.82) is 0 Å². The number of rotatable bonds is 4. The highest BCUT2D eigenvalue weighted by Crippen LogP contribution is 2.39. The first-order valence-electron chi connectivity index (χ1n) is 9.75. The van der Waals surface area contributed by atoms with Crippen molar-refractivity contribution in [2.75, 3.05) is 23.2 Å². The van der Waals surface area contributed by atoms with Gasteiger partial charge in [-0.05, 0) is 36.2 Å². The number of aryl methyl sites for hydroxylation is 2. The second kappa shape index (κ2) is 6.81. The molecule has 1 aliphatic heterocycles. The molecule has 0 amide bonds. The Morgan fingerprint density at radius 1 is 1.16 bits per heavy atom. The fourth-order valence-corrected chi connectivity index (χ4v) is 5.15. The lowest BCUT2D eigenvalue weighted by Gasteiger charge is -2.14. The van der Waals surface area contributed by atoms with E-state index in [0.29, 0.717) is 39.8 Å². The van der Waals surface area contributed by atoms with E-state index in [9.17, 15) is 12.8 Å². The van der Waals surface area contributed by atoms with Gasteiger partial charge >= 0.3 is 0 Å². The van der Waals surface area contributed by atoms with Gasteiger partial charge in [0.25, 0.3) is 10.0 Å². The largest absolute Gasteiger partial charge is 0.374 e. The van der Waals surface area contributed by atoms with Gasteiger partial charge in [-0.1, -0.05) is 0 Å². The van der Waals surface area contributed by atoms with Crippen LogP contribution in [0, 0.1) is 5.82 Å². The van der Waals surface area contributed by atoms with Crippen LogP contribution in [0.1, 0.15) is 5.56 Å². The van der Waals surface area contributed by atoms with Gasteiger partial charge in [0.05, 0.1) is 11.1 Å². The average Bonchev–Trinajstić information content (AvgIpc) is 3.41. The van der Waals surface area contributed by atoms with Gasteiger partial charge in [0.2, 0.25) is 0 Å². The number of halogens is 1. The molecule has 160 valence electrons. The van der Waals surface area contributed by atoms with E-state index in [2.05, 4.69) is 14.8 Å². The molecule has 31 heavy (non-hydrogen) atoms. The van der Waals surface area contributed by atoms with Gasteiger partial charge in [0.1, 0.15) is 11.5 Å². The Balaban J connectivity index is 1.68. The number of nitrogens with one attached hydrogen (secondary N) is 1. The molecule has 5 rings (SSSR count). The Hall–Kier alpha value is -3.40. The van der Waals surface area contributed by atoms with Crippen molar-refractivity contribution in [3.8, 4) is 11.1 Å². The average molecular weight is 441 g/mol. The normalized spacial score (nSPS) is 13.7. The fourth-order valence-electron chi connectivity index (χ4n) is 4.11. The summed E-state index contributed by atoms with van der Waals surface area (Å²) in [5.74, 6) is -0.256. The zero-order chi connectivity index (χ0) is 21.9. The van der Waals surface area contributed by atoms with Crippen molar-refractivity contribution < 1.29 is 12.8 Å². The number of sulfonamides is 1. The number of hydrogen-bond donors (Lipinski definition) is 1. The molecule has 1 N–H and O–H groups in total. The summed E-state index contributed by atoms with van der Waals surface area (Å²) in [6.45, 7) is 0.766. The van der Waals surface area contributed by atoms with Gasteiger partial charge in [-0.2, -0.15) is 13.5 Å². The SMILES string of the molecule is CN1CCc2c(F)cc(-c3cn(C)c4nccc(NS(=O)(=O)c5ccn(C)n5)c34)cc21. The van der Waals surface area contributed by atoms with Gasteiger partial charge in [-0.25, -0.2) is 9.37 Å². The minimum atomic E-state index is -3.90. The van der Waals surface area contributed by atoms with Crippen molar-refractivity contribution in [1.82, 2.24) is 19.3 Å². The Morgan fingerprint density at radius 3 is 2.71 bits per heavy atom. The predicted octanol–water partition coefficient (Wildman–Crippen LogP) is 2.91. The molecule has 0 atom stereocenters. The summed E-state index contributed by atoms with van der Waals surface area (Å²) >= 11 is 0. The van der Waals surface area contributed by atoms with Gasteiger partial charge in [0.15, 0.2) is 5.03 Å². The number of likely N-dealkylation sites (N-methyl/N-ethyl adjacent to an activating group) is 1. The first-order chi connectivity index (χ1) is 14.7. The highest BCUT2D eigenvalue weighted by molar-refractivity contribution is 7.92. The molecule has 0 aliphatic carbocycles. The molecule has 10 heteroatoms. The summed E-state index contributed by atoms with van der Waals surface area (Å²) in [7, 11) is 1.51. The maximum absolute atomic E-state index is 14.8. The quantitative estimate of drug-likeness (QED) is 0.528. The van der Waals surface area contributed by atoms with Crippen LogP contribution in [-0.4, -0.2) is 41.3 Å². The minimum absolute atomic E-state index is 0.0809. The van der Waals surface area contributed by atoms with Crippen LogP contribution in [0.5, 0.6) is 0 Å². The van der Waals surface area contributed by atoms with Crippen molar-refractivity contribution in [3.63, 3.8) is 0 Å². The highest BCUT2D eigenvalue weighted by Gasteiger charge is 2.24. The van der Waals surface area contributed by atoms with Gasteiger partial charge in [-0.3, -0.25) is 9.40 Å². The second-order valence-corrected chi connectivity index (χ2v) is 9.40. The van der Waals surface area contributed by atoms with E-state index < -0.39 is 10.0 Å². The number of fused-ring (bicyclic) bond motifs is 2. The topological polar surface area (TPSA) is 85.0 Å². The number of aromatic nitrogens is 4. The van der Waals surface area contributed by atoms with Crippen LogP contribution in [0.15, 0.2) is 47.9 Å². The maximum atomic E-state index is 14.8. The van der Waals surface area contributed by atoms with E-state index >= 15 is 0 Å². The molecule has 4 aromatic rings. The zero-order valence-corrected chi connectivity index (χ0v) is 18.1. The van der Waals surface area contributed by atoms with Crippen LogP contribution in [-0.2, 0) is 30.5 Å². The molecule has 0 spiro atoms. The first kappa shape index (κ1) is 19.6. The third-order valence-corrected chi connectivity index (χ3v) is 6.91. The molecule has 4 heterocycles. The molecule has 1 aliphatic rings. The summed E-state index contributed by atoms with van der Waals surface area (Å²) in [6, 6.07) is 6.49. The number of hydrogen-bond acceptors (Lipinski definition) is 5. The molecule has 0 unspecified atom stereocenters. The third-order valence-electron chi connectivity index (χ3n) is 5.66. The van der Waals surface area contributed by atoms with E-state index in [-0.39, 0.29) is 10.8 Å². The zero-order valence-electron chi connectivity index (χ0n) is 17.3. The standard InChI is InChI=1S/C21H21FN6O2S/c1-26-8-5-14-16(22)10-13(11-18(14)26)15-12-27(2)21-20(15)17(4-7-23-21)25-31(29,30)19-6-9-28(3)24-19/h4,6-7,9-12H,5,8H2,1-3H3,(H,23,25). The molecule has 0 bridgehead atoms. The van der Waals surface area contributed by atoms with E-state index in [1.807, 2.05) is 31.3 Å². The molecule has 3 aromatic heterocycles. The van der Waals surface area contributed by atoms with Crippen molar-refractivity contribution in [2.24, 2.45) is 14.1 Å². The fraction of sp³-hybridized carbons (Fsp3) is 0.238. The molecule has 0 saturated carbocycles. The van der Waals surface area contributed by atoms with Crippen LogP contribution in [0.4, 0.5) is 15.8 Å². The van der Waals surface area contributed by atoms with Crippen LogP contribution in [0.25, 0.3) is 22.2 Å². The molecule has 0 radical (unpaired) electrons. The molecule has 0 fully saturated rings. The predicted molar refractivity (Wildman–Crippen MR) is 117 cm³/mol. The van der Waals surface area contributed by atoms with Crippen LogP contribution >= 0.6 is 0 Å². The number of anilines is 2. The molecule has 8 nitrogen and oxygen atoms in total. The summed E-state index contributed by atoms with van der Waals surface area (Å²) < 4.78 is 46.5. The van der Waals surface area contributed by atoms with Crippen molar-refractivity contribution in [2.45, 2.75) is 11.4 Å². The Morgan fingerprint density at radius 2 is 1.97 bits per heavy atom. The lowest BCUT2D eigenvalue weighted by Crippen LogP contribution is -2.14. The maximum Gasteiger partial charge on any atom is 0.281 e. The van der Waals surface area contributed by atoms with Gasteiger partial charge in [0, 0.05) is 63.1 Å². The Bertz CT molecular complexity index is 1440. The van der Waals surface area contributed by atoms with Gasteiger partial charge < -0.3 is 9.47 Å². The summed E-state index contributed by atoms with van der Waals surface area (Å²) in [6.07, 6.45) is 5.62. The van der Waals surface area contributed by atoms with Crippen LogP contribution in [0.3, 0.4) is 0 Å². The smallest absolute Gasteiger partial charge is 0.281 e. The summed E-state index contributed by atoms with van der Waals surface area (Å²) in [4.78, 5) is 6.43. The van der Waals surface area contributed by atoms with Crippen molar-refractivity contribution >= 4 is 32.4 Å². The summed E-state index contributed by atoms with van der Waals surface area (Å²) in [5, 5.41) is 4.51. The molecular weight excluding hydrogens is 419 g/mol. The Labute approximate surface area is 179 Å². The van der Waals surface area contributed by atoms with Crippen LogP contribution < -0.4 is 9.62 Å². The lowest BCUT2D eigenvalue weighted by molar-refractivity contribution is 0.593. The number of benzene rings is 1.